The highest BCUT2D eigenvalue weighted by Crippen LogP contribution is 2.20. The van der Waals surface area contributed by atoms with Crippen molar-refractivity contribution >= 4 is 38.3 Å². The lowest BCUT2D eigenvalue weighted by Gasteiger charge is -2.34. The SMILES string of the molecule is CC1CN(Cc2csc(NC(=O)COc3ccc(Br)cc3)n2)CC(C)O1. The monoisotopic (exact) mass is 439 g/mol. The molecule has 2 atom stereocenters. The van der Waals surface area contributed by atoms with Gasteiger partial charge in [-0.3, -0.25) is 15.0 Å². The molecule has 140 valence electrons. The van der Waals surface area contributed by atoms with E-state index in [2.05, 4.69) is 45.0 Å². The van der Waals surface area contributed by atoms with Gasteiger partial charge in [-0.2, -0.15) is 0 Å². The normalized spacial score (nSPS) is 20.7. The zero-order chi connectivity index (χ0) is 18.5. The molecule has 1 aliphatic rings. The fraction of sp³-hybridized carbons (Fsp3) is 0.444. The van der Waals surface area contributed by atoms with Crippen molar-refractivity contribution in [3.63, 3.8) is 0 Å². The van der Waals surface area contributed by atoms with Gasteiger partial charge in [-0.05, 0) is 38.1 Å². The number of anilines is 1. The third-order valence-electron chi connectivity index (χ3n) is 3.86. The number of rotatable bonds is 6. The lowest BCUT2D eigenvalue weighted by Crippen LogP contribution is -2.44. The van der Waals surface area contributed by atoms with E-state index in [1.165, 1.54) is 11.3 Å². The molecule has 1 N–H and O–H groups in total. The van der Waals surface area contributed by atoms with Gasteiger partial charge in [-0.1, -0.05) is 15.9 Å². The number of morpholine rings is 1. The maximum absolute atomic E-state index is 12.0. The topological polar surface area (TPSA) is 63.7 Å². The van der Waals surface area contributed by atoms with E-state index in [1.807, 2.05) is 29.6 Å². The largest absolute Gasteiger partial charge is 0.484 e. The number of nitrogens with one attached hydrogen (secondary N) is 1. The van der Waals surface area contributed by atoms with E-state index in [4.69, 9.17) is 9.47 Å². The first-order valence-corrected chi connectivity index (χ1v) is 10.2. The summed E-state index contributed by atoms with van der Waals surface area (Å²) in [6, 6.07) is 7.35. The first-order chi connectivity index (χ1) is 12.5. The minimum Gasteiger partial charge on any atom is -0.484 e. The summed E-state index contributed by atoms with van der Waals surface area (Å²) in [4.78, 5) is 18.9. The van der Waals surface area contributed by atoms with Gasteiger partial charge in [0.15, 0.2) is 11.7 Å². The van der Waals surface area contributed by atoms with Crippen LogP contribution in [-0.2, 0) is 16.1 Å². The van der Waals surface area contributed by atoms with Crippen molar-refractivity contribution in [3.05, 3.63) is 39.8 Å². The van der Waals surface area contributed by atoms with Crippen LogP contribution in [0.1, 0.15) is 19.5 Å². The van der Waals surface area contributed by atoms with Crippen LogP contribution in [0.4, 0.5) is 5.13 Å². The molecule has 0 bridgehead atoms. The molecule has 8 heteroatoms. The number of halogens is 1. The van der Waals surface area contributed by atoms with Crippen molar-refractivity contribution in [2.45, 2.75) is 32.6 Å². The second-order valence-electron chi connectivity index (χ2n) is 6.39. The van der Waals surface area contributed by atoms with Crippen LogP contribution in [0.2, 0.25) is 0 Å². The van der Waals surface area contributed by atoms with Gasteiger partial charge in [-0.15, -0.1) is 11.3 Å². The summed E-state index contributed by atoms with van der Waals surface area (Å²) >= 11 is 4.79. The van der Waals surface area contributed by atoms with E-state index in [9.17, 15) is 4.79 Å². The maximum atomic E-state index is 12.0. The van der Waals surface area contributed by atoms with Crippen molar-refractivity contribution in [3.8, 4) is 5.75 Å². The summed E-state index contributed by atoms with van der Waals surface area (Å²) in [7, 11) is 0. The molecule has 2 unspecified atom stereocenters. The van der Waals surface area contributed by atoms with Gasteiger partial charge < -0.3 is 9.47 Å². The highest BCUT2D eigenvalue weighted by atomic mass is 79.9. The van der Waals surface area contributed by atoms with E-state index < -0.39 is 0 Å². The molecule has 1 saturated heterocycles. The van der Waals surface area contributed by atoms with Crippen LogP contribution >= 0.6 is 27.3 Å². The van der Waals surface area contributed by atoms with Gasteiger partial charge in [0.2, 0.25) is 0 Å². The van der Waals surface area contributed by atoms with Gasteiger partial charge in [0.1, 0.15) is 5.75 Å². The molecule has 3 rings (SSSR count). The van der Waals surface area contributed by atoms with Gasteiger partial charge in [-0.25, -0.2) is 4.98 Å². The molecular weight excluding hydrogens is 418 g/mol. The Labute approximate surface area is 165 Å². The number of aromatic nitrogens is 1. The molecule has 0 aliphatic carbocycles. The van der Waals surface area contributed by atoms with Crippen molar-refractivity contribution < 1.29 is 14.3 Å². The number of hydrogen-bond donors (Lipinski definition) is 1. The number of amides is 1. The Morgan fingerprint density at radius 3 is 2.73 bits per heavy atom. The number of carbonyl (C=O) groups is 1. The molecule has 0 spiro atoms. The van der Waals surface area contributed by atoms with Crippen molar-refractivity contribution in [2.75, 3.05) is 25.0 Å². The predicted molar refractivity (Wildman–Crippen MR) is 106 cm³/mol. The molecular formula is C18H22BrN3O3S. The van der Waals surface area contributed by atoms with Crippen molar-refractivity contribution in [2.24, 2.45) is 0 Å². The summed E-state index contributed by atoms with van der Waals surface area (Å²) in [6.07, 6.45) is 0.458. The Hall–Kier alpha value is -1.48. The predicted octanol–water partition coefficient (Wildman–Crippen LogP) is 3.53. The summed E-state index contributed by atoms with van der Waals surface area (Å²) in [5, 5.41) is 5.37. The Bertz CT molecular complexity index is 728. The van der Waals surface area contributed by atoms with Crippen LogP contribution in [0, 0.1) is 0 Å². The number of thiazole rings is 1. The summed E-state index contributed by atoms with van der Waals surface area (Å²) in [5.41, 5.74) is 0.959. The Kier molecular flexibility index (Phi) is 6.63. The average Bonchev–Trinajstić information content (AvgIpc) is 3.00. The van der Waals surface area contributed by atoms with E-state index >= 15 is 0 Å². The summed E-state index contributed by atoms with van der Waals surface area (Å²) in [6.45, 7) is 6.67. The lowest BCUT2D eigenvalue weighted by molar-refractivity contribution is -0.118. The Balaban J connectivity index is 1.46. The maximum Gasteiger partial charge on any atom is 0.264 e. The van der Waals surface area contributed by atoms with E-state index in [1.54, 1.807) is 0 Å². The molecule has 2 aromatic rings. The second-order valence-corrected chi connectivity index (χ2v) is 8.16. The van der Waals surface area contributed by atoms with Crippen LogP contribution in [0.25, 0.3) is 0 Å². The molecule has 26 heavy (non-hydrogen) atoms. The molecule has 6 nitrogen and oxygen atoms in total. The first-order valence-electron chi connectivity index (χ1n) is 8.48. The molecule has 2 heterocycles. The van der Waals surface area contributed by atoms with Crippen LogP contribution in [0.3, 0.4) is 0 Å². The van der Waals surface area contributed by atoms with Crippen molar-refractivity contribution in [1.29, 1.82) is 0 Å². The molecule has 1 aromatic heterocycles. The molecule has 1 amide bonds. The van der Waals surface area contributed by atoms with Gasteiger partial charge in [0, 0.05) is 29.5 Å². The number of nitrogens with zero attached hydrogens (tertiary/aromatic N) is 2. The summed E-state index contributed by atoms with van der Waals surface area (Å²) in [5.74, 6) is 0.432. The van der Waals surface area contributed by atoms with Gasteiger partial charge in [0.05, 0.1) is 17.9 Å². The molecule has 1 aromatic carbocycles. The quantitative estimate of drug-likeness (QED) is 0.745. The minimum atomic E-state index is -0.220. The lowest BCUT2D eigenvalue weighted by atomic mass is 10.2. The highest BCUT2D eigenvalue weighted by Gasteiger charge is 2.22. The Morgan fingerprint density at radius 1 is 1.35 bits per heavy atom. The standard InChI is InChI=1S/C18H22BrN3O3S/c1-12-7-22(8-13(2)25-12)9-15-11-26-18(20-15)21-17(23)10-24-16-5-3-14(19)4-6-16/h3-6,11-13H,7-10H2,1-2H3,(H,20,21,23). The van der Waals surface area contributed by atoms with Crippen molar-refractivity contribution in [1.82, 2.24) is 9.88 Å². The smallest absolute Gasteiger partial charge is 0.264 e. The van der Waals surface area contributed by atoms with Gasteiger partial charge >= 0.3 is 0 Å². The molecule has 0 radical (unpaired) electrons. The fourth-order valence-corrected chi connectivity index (χ4v) is 3.90. The van der Waals surface area contributed by atoms with Crippen LogP contribution in [-0.4, -0.2) is 47.7 Å². The molecule has 0 saturated carbocycles. The van der Waals surface area contributed by atoms with Crippen LogP contribution < -0.4 is 10.1 Å². The minimum absolute atomic E-state index is 0.0466. The third-order valence-corrected chi connectivity index (χ3v) is 5.20. The molecule has 1 aliphatic heterocycles. The van der Waals surface area contributed by atoms with E-state index in [0.717, 1.165) is 29.8 Å². The number of benzene rings is 1. The highest BCUT2D eigenvalue weighted by molar-refractivity contribution is 9.10. The first kappa shape index (κ1) is 19.3. The van der Waals surface area contributed by atoms with Crippen LogP contribution in [0.15, 0.2) is 34.1 Å². The molecule has 1 fully saturated rings. The average molecular weight is 440 g/mol. The zero-order valence-electron chi connectivity index (χ0n) is 14.8. The number of carbonyl (C=O) groups excluding carboxylic acids is 1. The van der Waals surface area contributed by atoms with Crippen LogP contribution in [0.5, 0.6) is 5.75 Å². The Morgan fingerprint density at radius 2 is 2.04 bits per heavy atom. The van der Waals surface area contributed by atoms with Gasteiger partial charge in [0.25, 0.3) is 5.91 Å². The third kappa shape index (κ3) is 5.77. The fourth-order valence-electron chi connectivity index (χ4n) is 2.91. The second kappa shape index (κ2) is 8.94. The summed E-state index contributed by atoms with van der Waals surface area (Å²) < 4.78 is 12.2. The number of hydrogen-bond acceptors (Lipinski definition) is 6. The zero-order valence-corrected chi connectivity index (χ0v) is 17.2. The number of ether oxygens (including phenoxy) is 2. The van der Waals surface area contributed by atoms with E-state index in [0.29, 0.717) is 10.9 Å². The van der Waals surface area contributed by atoms with E-state index in [-0.39, 0.29) is 24.7 Å².